The average molecular weight is 302 g/mol. The van der Waals surface area contributed by atoms with Crippen molar-refractivity contribution in [3.8, 4) is 12.3 Å². The van der Waals surface area contributed by atoms with Crippen LogP contribution in [0.1, 0.15) is 9.67 Å². The van der Waals surface area contributed by atoms with Crippen molar-refractivity contribution in [3.05, 3.63) is 29.1 Å². The van der Waals surface area contributed by atoms with Crippen LogP contribution in [0, 0.1) is 12.3 Å². The molecule has 0 aliphatic carbocycles. The predicted octanol–water partition coefficient (Wildman–Crippen LogP) is 1.85. The van der Waals surface area contributed by atoms with E-state index in [-0.39, 0.29) is 12.5 Å². The van der Waals surface area contributed by atoms with Gasteiger partial charge in [-0.2, -0.15) is 0 Å². The largest absolute Gasteiger partial charge is 0.465 e. The Morgan fingerprint density at radius 1 is 1.38 bits per heavy atom. The van der Waals surface area contributed by atoms with E-state index in [1.54, 1.807) is 0 Å². The van der Waals surface area contributed by atoms with E-state index >= 15 is 0 Å². The number of hydrogen-bond donors (Lipinski definition) is 2. The van der Waals surface area contributed by atoms with Crippen molar-refractivity contribution in [2.45, 2.75) is 0 Å². The normalized spacial score (nSPS) is 10.1. The third-order valence-electron chi connectivity index (χ3n) is 2.74. The Bertz CT molecular complexity index is 715. The molecule has 1 amide bonds. The first-order valence-electron chi connectivity index (χ1n) is 6.21. The Kier molecular flexibility index (Phi) is 4.93. The number of thiophene rings is 1. The summed E-state index contributed by atoms with van der Waals surface area (Å²) in [6.07, 6.45) is 5.10. The maximum atomic E-state index is 11.9. The number of methoxy groups -OCH3 is 1. The minimum absolute atomic E-state index is 0.0784. The first-order valence-corrected chi connectivity index (χ1v) is 7.03. The summed E-state index contributed by atoms with van der Waals surface area (Å²) in [4.78, 5) is 24.1. The zero-order chi connectivity index (χ0) is 15.2. The number of carbonyl (C=O) groups excluding carboxylic acids is 2. The molecule has 5 nitrogen and oxygen atoms in total. The molecule has 0 unspecified atom stereocenters. The maximum absolute atomic E-state index is 11.9. The van der Waals surface area contributed by atoms with Crippen molar-refractivity contribution in [1.82, 2.24) is 5.32 Å². The summed E-state index contributed by atoms with van der Waals surface area (Å²) < 4.78 is 5.67. The third kappa shape index (κ3) is 3.40. The summed E-state index contributed by atoms with van der Waals surface area (Å²) in [6.45, 7) is 0.386. The average Bonchev–Trinajstić information content (AvgIpc) is 2.85. The van der Waals surface area contributed by atoms with Crippen molar-refractivity contribution in [2.24, 2.45) is 0 Å². The summed E-state index contributed by atoms with van der Waals surface area (Å²) >= 11 is 1.28. The van der Waals surface area contributed by atoms with Gasteiger partial charge in [-0.25, -0.2) is 4.79 Å². The fourth-order valence-electron chi connectivity index (χ4n) is 1.84. The molecule has 0 aliphatic rings. The maximum Gasteiger partial charge on any atom is 0.350 e. The highest BCUT2D eigenvalue weighted by atomic mass is 32.1. The van der Waals surface area contributed by atoms with Gasteiger partial charge in [0.1, 0.15) is 4.88 Å². The number of hydrogen-bond acceptors (Lipinski definition) is 5. The number of fused-ring (bicyclic) bond motifs is 1. The molecule has 0 atom stereocenters. The summed E-state index contributed by atoms with van der Waals surface area (Å²) in [5.41, 5.74) is 0.481. The van der Waals surface area contributed by atoms with Gasteiger partial charge in [0.25, 0.3) is 0 Å². The van der Waals surface area contributed by atoms with Crippen LogP contribution in [0.3, 0.4) is 0 Å². The fourth-order valence-corrected chi connectivity index (χ4v) is 2.91. The lowest BCUT2D eigenvalue weighted by Gasteiger charge is -2.06. The van der Waals surface area contributed by atoms with Gasteiger partial charge < -0.3 is 10.1 Å². The second-order valence-corrected chi connectivity index (χ2v) is 5.20. The Morgan fingerprint density at radius 2 is 2.14 bits per heavy atom. The number of benzene rings is 1. The lowest BCUT2D eigenvalue weighted by Crippen LogP contribution is -2.28. The van der Waals surface area contributed by atoms with Crippen molar-refractivity contribution in [2.75, 3.05) is 25.5 Å². The van der Waals surface area contributed by atoms with Gasteiger partial charge in [0.2, 0.25) is 5.91 Å². The van der Waals surface area contributed by atoms with E-state index in [9.17, 15) is 9.59 Å². The van der Waals surface area contributed by atoms with Crippen LogP contribution in [0.5, 0.6) is 0 Å². The number of amides is 1. The fraction of sp³-hybridized carbons (Fsp3) is 0.200. The first-order chi connectivity index (χ1) is 10.2. The van der Waals surface area contributed by atoms with Crippen molar-refractivity contribution >= 4 is 39.0 Å². The summed E-state index contributed by atoms with van der Waals surface area (Å²) in [5.74, 6) is 1.65. The Morgan fingerprint density at radius 3 is 2.86 bits per heavy atom. The highest BCUT2D eigenvalue weighted by molar-refractivity contribution is 7.21. The van der Waals surface area contributed by atoms with Crippen LogP contribution in [-0.4, -0.2) is 32.1 Å². The molecular formula is C15H14N2O3S. The van der Waals surface area contributed by atoms with E-state index in [1.807, 2.05) is 24.3 Å². The number of terminal acetylenes is 1. The highest BCUT2D eigenvalue weighted by Crippen LogP contribution is 2.36. The second-order valence-electron chi connectivity index (χ2n) is 4.15. The van der Waals surface area contributed by atoms with Crippen LogP contribution < -0.4 is 10.6 Å². The molecule has 0 aliphatic heterocycles. The number of esters is 1. The lowest BCUT2D eigenvalue weighted by molar-refractivity contribution is -0.115. The van der Waals surface area contributed by atoms with Crippen LogP contribution in [0.4, 0.5) is 5.69 Å². The van der Waals surface area contributed by atoms with E-state index in [0.29, 0.717) is 17.1 Å². The quantitative estimate of drug-likeness (QED) is 0.502. The van der Waals surface area contributed by atoms with Crippen molar-refractivity contribution in [1.29, 1.82) is 0 Å². The smallest absolute Gasteiger partial charge is 0.350 e. The van der Waals surface area contributed by atoms with Crippen LogP contribution >= 0.6 is 11.3 Å². The zero-order valence-corrected chi connectivity index (χ0v) is 12.3. The molecule has 0 bridgehead atoms. The first kappa shape index (κ1) is 15.0. The van der Waals surface area contributed by atoms with Crippen molar-refractivity contribution < 1.29 is 14.3 Å². The molecule has 6 heteroatoms. The van der Waals surface area contributed by atoms with Crippen LogP contribution in [-0.2, 0) is 9.53 Å². The number of ether oxygens (including phenoxy) is 1. The monoisotopic (exact) mass is 302 g/mol. The Labute approximate surface area is 126 Å². The molecular weight excluding hydrogens is 288 g/mol. The van der Waals surface area contributed by atoms with E-state index in [2.05, 4.69) is 16.6 Å². The Hall–Kier alpha value is -2.36. The van der Waals surface area contributed by atoms with Crippen LogP contribution in [0.15, 0.2) is 24.3 Å². The molecule has 1 aromatic heterocycles. The highest BCUT2D eigenvalue weighted by Gasteiger charge is 2.20. The summed E-state index contributed by atoms with van der Waals surface area (Å²) in [5, 5.41) is 6.36. The number of anilines is 1. The number of carbonyl (C=O) groups is 2. The molecule has 0 spiro atoms. The van der Waals surface area contributed by atoms with Gasteiger partial charge in [-0.05, 0) is 6.07 Å². The third-order valence-corrected chi connectivity index (χ3v) is 3.89. The minimum atomic E-state index is -0.469. The second kappa shape index (κ2) is 6.88. The molecule has 1 aromatic carbocycles. The van der Waals surface area contributed by atoms with E-state index in [1.165, 1.54) is 18.4 Å². The topological polar surface area (TPSA) is 67.4 Å². The SMILES string of the molecule is C#CCNCC(=O)Nc1c(C(=O)OC)sc2ccccc12. The molecule has 2 aromatic rings. The molecule has 2 N–H and O–H groups in total. The van der Waals surface area contributed by atoms with Gasteiger partial charge in [0.15, 0.2) is 0 Å². The molecule has 1 heterocycles. The van der Waals surface area contributed by atoms with E-state index in [0.717, 1.165) is 10.1 Å². The standard InChI is InChI=1S/C15H14N2O3S/c1-3-8-16-9-12(18)17-13-10-6-4-5-7-11(10)21-14(13)15(19)20-2/h1,4-7,16H,8-9H2,2H3,(H,17,18). The number of rotatable bonds is 5. The molecule has 21 heavy (non-hydrogen) atoms. The lowest BCUT2D eigenvalue weighted by atomic mass is 10.2. The number of nitrogens with one attached hydrogen (secondary N) is 2. The molecule has 0 fully saturated rings. The van der Waals surface area contributed by atoms with Gasteiger partial charge in [-0.15, -0.1) is 17.8 Å². The molecule has 2 rings (SSSR count). The molecule has 0 saturated heterocycles. The predicted molar refractivity (Wildman–Crippen MR) is 83.5 cm³/mol. The van der Waals surface area contributed by atoms with Crippen molar-refractivity contribution in [3.63, 3.8) is 0 Å². The summed E-state index contributed by atoms with van der Waals surface area (Å²) in [7, 11) is 1.31. The van der Waals surface area contributed by atoms with E-state index in [4.69, 9.17) is 11.2 Å². The van der Waals surface area contributed by atoms with Gasteiger partial charge in [0, 0.05) is 10.1 Å². The van der Waals surface area contributed by atoms with Gasteiger partial charge in [-0.1, -0.05) is 24.1 Å². The zero-order valence-electron chi connectivity index (χ0n) is 11.4. The van der Waals surface area contributed by atoms with Crippen LogP contribution in [0.25, 0.3) is 10.1 Å². The molecule has 0 radical (unpaired) electrons. The summed E-state index contributed by atoms with van der Waals surface area (Å²) in [6, 6.07) is 7.46. The van der Waals surface area contributed by atoms with Gasteiger partial charge in [-0.3, -0.25) is 10.1 Å². The van der Waals surface area contributed by atoms with Gasteiger partial charge in [0.05, 0.1) is 25.9 Å². The minimum Gasteiger partial charge on any atom is -0.465 e. The van der Waals surface area contributed by atoms with Crippen LogP contribution in [0.2, 0.25) is 0 Å². The molecule has 0 saturated carbocycles. The Balaban J connectivity index is 2.30. The van der Waals surface area contributed by atoms with Gasteiger partial charge >= 0.3 is 5.97 Å². The van der Waals surface area contributed by atoms with E-state index < -0.39 is 5.97 Å². The molecule has 108 valence electrons.